The van der Waals surface area contributed by atoms with Crippen molar-refractivity contribution in [2.75, 3.05) is 0 Å². The summed E-state index contributed by atoms with van der Waals surface area (Å²) in [4.78, 5) is 20.8. The van der Waals surface area contributed by atoms with E-state index < -0.39 is 36.4 Å². The van der Waals surface area contributed by atoms with Crippen molar-refractivity contribution in [1.82, 2.24) is 5.32 Å². The van der Waals surface area contributed by atoms with Crippen LogP contribution in [0.2, 0.25) is 0 Å². The Balaban J connectivity index is 2.84. The number of carboxylic acid groups (broad SMARTS) is 1. The van der Waals surface area contributed by atoms with Crippen molar-refractivity contribution < 1.29 is 27.9 Å². The fourth-order valence-electron chi connectivity index (χ4n) is 1.19. The Labute approximate surface area is 70.7 Å². The fourth-order valence-corrected chi connectivity index (χ4v) is 1.19. The lowest BCUT2D eigenvalue weighted by molar-refractivity contribution is -0.184. The van der Waals surface area contributed by atoms with Gasteiger partial charge in [-0.1, -0.05) is 0 Å². The predicted molar refractivity (Wildman–Crippen MR) is 33.7 cm³/mol. The molecule has 0 radical (unpaired) electrons. The largest absolute Gasteiger partial charge is 0.480 e. The molecule has 0 bridgehead atoms. The van der Waals surface area contributed by atoms with Crippen LogP contribution < -0.4 is 5.32 Å². The van der Waals surface area contributed by atoms with E-state index in [0.29, 0.717) is 0 Å². The Morgan fingerprint density at radius 3 is 2.38 bits per heavy atom. The van der Waals surface area contributed by atoms with E-state index in [-0.39, 0.29) is 0 Å². The highest BCUT2D eigenvalue weighted by molar-refractivity contribution is 5.88. The summed E-state index contributed by atoms with van der Waals surface area (Å²) in [6.07, 6.45) is -5.46. The topological polar surface area (TPSA) is 66.4 Å². The molecular weight excluding hydrogens is 191 g/mol. The van der Waals surface area contributed by atoms with Gasteiger partial charge in [0.25, 0.3) is 0 Å². The van der Waals surface area contributed by atoms with E-state index in [9.17, 15) is 22.8 Å². The van der Waals surface area contributed by atoms with Gasteiger partial charge in [-0.25, -0.2) is 4.79 Å². The van der Waals surface area contributed by atoms with Gasteiger partial charge in [-0.2, -0.15) is 13.2 Å². The van der Waals surface area contributed by atoms with Crippen LogP contribution in [0.5, 0.6) is 0 Å². The molecule has 1 amide bonds. The second kappa shape index (κ2) is 2.90. The Kier molecular flexibility index (Phi) is 2.19. The van der Waals surface area contributed by atoms with Crippen molar-refractivity contribution >= 4 is 11.9 Å². The lowest BCUT2D eigenvalue weighted by Crippen LogP contribution is -2.42. The molecule has 1 aliphatic heterocycles. The van der Waals surface area contributed by atoms with E-state index in [1.807, 2.05) is 0 Å². The van der Waals surface area contributed by atoms with Crippen LogP contribution in [0.15, 0.2) is 0 Å². The first-order valence-electron chi connectivity index (χ1n) is 3.41. The van der Waals surface area contributed by atoms with Gasteiger partial charge in [0.1, 0.15) is 6.04 Å². The van der Waals surface area contributed by atoms with Crippen LogP contribution in [0.3, 0.4) is 0 Å². The molecule has 1 fully saturated rings. The SMILES string of the molecule is O=C1C[C@@H](C(F)(F)F)[C@@H](C(=O)O)N1. The molecular formula is C6H6F3NO3. The molecule has 0 aromatic rings. The minimum Gasteiger partial charge on any atom is -0.480 e. The first-order valence-corrected chi connectivity index (χ1v) is 3.41. The van der Waals surface area contributed by atoms with E-state index in [0.717, 1.165) is 0 Å². The number of alkyl halides is 3. The highest BCUT2D eigenvalue weighted by Gasteiger charge is 2.52. The molecule has 1 heterocycles. The van der Waals surface area contributed by atoms with Crippen molar-refractivity contribution in [1.29, 1.82) is 0 Å². The van der Waals surface area contributed by atoms with Crippen LogP contribution in [-0.2, 0) is 9.59 Å². The Morgan fingerprint density at radius 1 is 1.54 bits per heavy atom. The van der Waals surface area contributed by atoms with Gasteiger partial charge in [0.15, 0.2) is 0 Å². The zero-order valence-corrected chi connectivity index (χ0v) is 6.26. The third-order valence-corrected chi connectivity index (χ3v) is 1.81. The molecule has 0 aliphatic carbocycles. The molecule has 1 aliphatic rings. The number of halogens is 3. The number of rotatable bonds is 1. The first kappa shape index (κ1) is 9.82. The number of carbonyl (C=O) groups excluding carboxylic acids is 1. The Bertz CT molecular complexity index is 250. The maximum Gasteiger partial charge on any atom is 0.394 e. The molecule has 0 saturated carbocycles. The molecule has 0 unspecified atom stereocenters. The van der Waals surface area contributed by atoms with Crippen LogP contribution in [0.4, 0.5) is 13.2 Å². The Hall–Kier alpha value is -1.27. The zero-order valence-electron chi connectivity index (χ0n) is 6.26. The van der Waals surface area contributed by atoms with Crippen LogP contribution >= 0.6 is 0 Å². The van der Waals surface area contributed by atoms with Crippen LogP contribution in [0.1, 0.15) is 6.42 Å². The van der Waals surface area contributed by atoms with Crippen molar-refractivity contribution in [2.45, 2.75) is 18.6 Å². The number of amides is 1. The van der Waals surface area contributed by atoms with Gasteiger partial charge in [-0.3, -0.25) is 4.79 Å². The predicted octanol–water partition coefficient (Wildman–Crippen LogP) is 0.138. The number of aliphatic carboxylic acids is 1. The quantitative estimate of drug-likeness (QED) is 0.628. The summed E-state index contributed by atoms with van der Waals surface area (Å²) in [6.45, 7) is 0. The minimum atomic E-state index is -4.65. The molecule has 1 rings (SSSR count). The summed E-state index contributed by atoms with van der Waals surface area (Å²) in [6, 6.07) is -1.84. The minimum absolute atomic E-state index is 0.805. The lowest BCUT2D eigenvalue weighted by atomic mass is 10.0. The standard InChI is InChI=1S/C6H6F3NO3/c7-6(8,9)2-1-3(11)10-4(2)5(12)13/h2,4H,1H2,(H,10,11)(H,12,13)/t2-,4+/m1/s1. The summed E-state index contributed by atoms with van der Waals surface area (Å²) >= 11 is 0. The van der Waals surface area contributed by atoms with E-state index in [2.05, 4.69) is 0 Å². The number of carboxylic acids is 1. The number of carbonyl (C=O) groups is 2. The monoisotopic (exact) mass is 197 g/mol. The van der Waals surface area contributed by atoms with Gasteiger partial charge in [0.05, 0.1) is 5.92 Å². The molecule has 2 atom stereocenters. The van der Waals surface area contributed by atoms with Crippen molar-refractivity contribution in [3.8, 4) is 0 Å². The summed E-state index contributed by atoms with van der Waals surface area (Å²) in [7, 11) is 0. The third kappa shape index (κ3) is 1.90. The van der Waals surface area contributed by atoms with Crippen LogP contribution in [0, 0.1) is 5.92 Å². The summed E-state index contributed by atoms with van der Waals surface area (Å²) in [5, 5.41) is 10.1. The number of hydrogen-bond donors (Lipinski definition) is 2. The highest BCUT2D eigenvalue weighted by atomic mass is 19.4. The molecule has 13 heavy (non-hydrogen) atoms. The molecule has 1 saturated heterocycles. The summed E-state index contributed by atoms with van der Waals surface area (Å²) in [5.41, 5.74) is 0. The van der Waals surface area contributed by atoms with Crippen molar-refractivity contribution in [3.05, 3.63) is 0 Å². The maximum atomic E-state index is 12.1. The normalized spacial score (nSPS) is 28.7. The molecule has 4 nitrogen and oxygen atoms in total. The zero-order chi connectivity index (χ0) is 10.2. The average Bonchev–Trinajstić information content (AvgIpc) is 2.29. The van der Waals surface area contributed by atoms with Crippen LogP contribution in [0.25, 0.3) is 0 Å². The third-order valence-electron chi connectivity index (χ3n) is 1.81. The molecule has 2 N–H and O–H groups in total. The average molecular weight is 197 g/mol. The van der Waals surface area contributed by atoms with Gasteiger partial charge >= 0.3 is 12.1 Å². The summed E-state index contributed by atoms with van der Waals surface area (Å²) in [5.74, 6) is -4.65. The number of nitrogens with one attached hydrogen (secondary N) is 1. The van der Waals surface area contributed by atoms with Gasteiger partial charge in [-0.05, 0) is 0 Å². The van der Waals surface area contributed by atoms with Gasteiger partial charge in [0.2, 0.25) is 5.91 Å². The van der Waals surface area contributed by atoms with Crippen molar-refractivity contribution in [2.24, 2.45) is 5.92 Å². The molecule has 0 spiro atoms. The number of hydrogen-bond acceptors (Lipinski definition) is 2. The van der Waals surface area contributed by atoms with E-state index in [1.165, 1.54) is 0 Å². The van der Waals surface area contributed by atoms with Gasteiger partial charge in [0, 0.05) is 6.42 Å². The van der Waals surface area contributed by atoms with Crippen LogP contribution in [-0.4, -0.2) is 29.2 Å². The van der Waals surface area contributed by atoms with Gasteiger partial charge in [-0.15, -0.1) is 0 Å². The molecule has 0 aromatic carbocycles. The second-order valence-electron chi connectivity index (χ2n) is 2.74. The van der Waals surface area contributed by atoms with Gasteiger partial charge < -0.3 is 10.4 Å². The maximum absolute atomic E-state index is 12.1. The lowest BCUT2D eigenvalue weighted by Gasteiger charge is -2.17. The molecule has 7 heteroatoms. The van der Waals surface area contributed by atoms with E-state index in [4.69, 9.17) is 5.11 Å². The first-order chi connectivity index (χ1) is 5.82. The van der Waals surface area contributed by atoms with E-state index >= 15 is 0 Å². The molecule has 0 aromatic heterocycles. The Morgan fingerprint density at radius 2 is 2.08 bits per heavy atom. The smallest absolute Gasteiger partial charge is 0.394 e. The highest BCUT2D eigenvalue weighted by Crippen LogP contribution is 2.34. The van der Waals surface area contributed by atoms with E-state index in [1.54, 1.807) is 5.32 Å². The summed E-state index contributed by atoms with van der Waals surface area (Å²) < 4.78 is 36.3. The van der Waals surface area contributed by atoms with Crippen molar-refractivity contribution in [3.63, 3.8) is 0 Å². The molecule has 74 valence electrons. The second-order valence-corrected chi connectivity index (χ2v) is 2.74. The fraction of sp³-hybridized carbons (Fsp3) is 0.667.